The second-order valence-corrected chi connectivity index (χ2v) is 4.34. The second-order valence-electron chi connectivity index (χ2n) is 4.34. The van der Waals surface area contributed by atoms with Crippen molar-refractivity contribution in [2.75, 3.05) is 13.1 Å². The molecule has 0 aromatic heterocycles. The van der Waals surface area contributed by atoms with Crippen LogP contribution in [-0.4, -0.2) is 53.0 Å². The van der Waals surface area contributed by atoms with Crippen molar-refractivity contribution in [2.24, 2.45) is 5.92 Å². The van der Waals surface area contributed by atoms with E-state index in [0.29, 0.717) is 0 Å². The van der Waals surface area contributed by atoms with Crippen molar-refractivity contribution >= 4 is 23.8 Å². The van der Waals surface area contributed by atoms with Crippen LogP contribution in [0.1, 0.15) is 13.8 Å². The third kappa shape index (κ3) is 3.44. The number of carboxylic acids is 1. The standard InChI is InChI=1S/C10H15N3O5/c1-5(2)8(9(16)17)11-6(14)3-13-4-7(15)12-10(13)18/h5,8H,3-4H2,1-2H3,(H,11,14)(H,16,17)(H,12,15,18)/t8-/m0/s1. The molecule has 0 spiro atoms. The Morgan fingerprint density at radius 1 is 1.44 bits per heavy atom. The molecule has 4 amide bonds. The van der Waals surface area contributed by atoms with Gasteiger partial charge in [0, 0.05) is 0 Å². The number of carbonyl (C=O) groups excluding carboxylic acids is 3. The minimum Gasteiger partial charge on any atom is -0.480 e. The Bertz CT molecular complexity index is 393. The molecule has 1 aliphatic heterocycles. The van der Waals surface area contributed by atoms with Gasteiger partial charge in [-0.3, -0.25) is 14.9 Å². The van der Waals surface area contributed by atoms with Crippen LogP contribution in [0.4, 0.5) is 4.79 Å². The van der Waals surface area contributed by atoms with Gasteiger partial charge in [0.1, 0.15) is 19.1 Å². The van der Waals surface area contributed by atoms with Crippen LogP contribution in [0.5, 0.6) is 0 Å². The molecule has 18 heavy (non-hydrogen) atoms. The number of imide groups is 1. The highest BCUT2D eigenvalue weighted by molar-refractivity contribution is 6.03. The smallest absolute Gasteiger partial charge is 0.326 e. The van der Waals surface area contributed by atoms with Crippen LogP contribution in [0.2, 0.25) is 0 Å². The van der Waals surface area contributed by atoms with E-state index >= 15 is 0 Å². The molecule has 100 valence electrons. The number of nitrogens with zero attached hydrogens (tertiary/aromatic N) is 1. The van der Waals surface area contributed by atoms with Crippen LogP contribution in [-0.2, 0) is 14.4 Å². The van der Waals surface area contributed by atoms with E-state index in [1.54, 1.807) is 13.8 Å². The maximum atomic E-state index is 11.6. The largest absolute Gasteiger partial charge is 0.480 e. The molecule has 1 heterocycles. The summed E-state index contributed by atoms with van der Waals surface area (Å²) < 4.78 is 0. The molecule has 0 aromatic carbocycles. The Hall–Kier alpha value is -2.12. The van der Waals surface area contributed by atoms with Crippen LogP contribution in [0.25, 0.3) is 0 Å². The van der Waals surface area contributed by atoms with E-state index in [0.717, 1.165) is 4.90 Å². The highest BCUT2D eigenvalue weighted by Gasteiger charge is 2.30. The average molecular weight is 257 g/mol. The normalized spacial score (nSPS) is 16.7. The van der Waals surface area contributed by atoms with Crippen molar-refractivity contribution in [3.8, 4) is 0 Å². The lowest BCUT2D eigenvalue weighted by atomic mass is 10.0. The summed E-state index contributed by atoms with van der Waals surface area (Å²) in [5.74, 6) is -2.51. The molecule has 3 N–H and O–H groups in total. The quantitative estimate of drug-likeness (QED) is 0.533. The Morgan fingerprint density at radius 2 is 2.06 bits per heavy atom. The molecule has 1 atom stereocenters. The minimum atomic E-state index is -1.14. The summed E-state index contributed by atoms with van der Waals surface area (Å²) in [4.78, 5) is 45.5. The molecular formula is C10H15N3O5. The van der Waals surface area contributed by atoms with Crippen LogP contribution in [0, 0.1) is 5.92 Å². The molecule has 1 rings (SSSR count). The third-order valence-corrected chi connectivity index (χ3v) is 2.45. The van der Waals surface area contributed by atoms with Crippen molar-refractivity contribution in [3.05, 3.63) is 0 Å². The molecule has 0 unspecified atom stereocenters. The van der Waals surface area contributed by atoms with Gasteiger partial charge in [-0.15, -0.1) is 0 Å². The van der Waals surface area contributed by atoms with Gasteiger partial charge in [0.05, 0.1) is 0 Å². The number of aliphatic carboxylic acids is 1. The predicted molar refractivity (Wildman–Crippen MR) is 59.5 cm³/mol. The fraction of sp³-hybridized carbons (Fsp3) is 0.600. The zero-order valence-corrected chi connectivity index (χ0v) is 10.1. The molecule has 0 bridgehead atoms. The van der Waals surface area contributed by atoms with Crippen LogP contribution < -0.4 is 10.6 Å². The summed E-state index contributed by atoms with van der Waals surface area (Å²) in [6, 6.07) is -1.66. The van der Waals surface area contributed by atoms with Gasteiger partial charge in [-0.2, -0.15) is 0 Å². The molecule has 1 aliphatic rings. The fourth-order valence-electron chi connectivity index (χ4n) is 1.52. The lowest BCUT2D eigenvalue weighted by molar-refractivity contribution is -0.143. The van der Waals surface area contributed by atoms with Gasteiger partial charge >= 0.3 is 12.0 Å². The maximum absolute atomic E-state index is 11.6. The number of rotatable bonds is 5. The summed E-state index contributed by atoms with van der Waals surface area (Å²) in [5, 5.41) is 13.2. The van der Waals surface area contributed by atoms with Gasteiger partial charge in [-0.1, -0.05) is 13.8 Å². The number of hydrogen-bond donors (Lipinski definition) is 3. The average Bonchev–Trinajstić information content (AvgIpc) is 2.53. The zero-order chi connectivity index (χ0) is 13.9. The van der Waals surface area contributed by atoms with Gasteiger partial charge in [0.2, 0.25) is 11.8 Å². The molecule has 0 radical (unpaired) electrons. The van der Waals surface area contributed by atoms with E-state index in [1.807, 2.05) is 5.32 Å². The predicted octanol–water partition coefficient (Wildman–Crippen LogP) is -1.24. The molecule has 8 nitrogen and oxygen atoms in total. The van der Waals surface area contributed by atoms with E-state index < -0.39 is 29.9 Å². The summed E-state index contributed by atoms with van der Waals surface area (Å²) in [7, 11) is 0. The Kier molecular flexibility index (Phi) is 4.24. The van der Waals surface area contributed by atoms with E-state index in [4.69, 9.17) is 5.11 Å². The van der Waals surface area contributed by atoms with Crippen LogP contribution in [0.15, 0.2) is 0 Å². The molecule has 1 saturated heterocycles. The maximum Gasteiger partial charge on any atom is 0.326 e. The van der Waals surface area contributed by atoms with Crippen molar-refractivity contribution in [1.82, 2.24) is 15.5 Å². The number of nitrogens with one attached hydrogen (secondary N) is 2. The highest BCUT2D eigenvalue weighted by Crippen LogP contribution is 2.03. The first kappa shape index (κ1) is 13.9. The van der Waals surface area contributed by atoms with Crippen LogP contribution in [0.3, 0.4) is 0 Å². The van der Waals surface area contributed by atoms with E-state index in [-0.39, 0.29) is 19.0 Å². The second kappa shape index (κ2) is 5.48. The Balaban J connectivity index is 2.53. The van der Waals surface area contributed by atoms with E-state index in [1.165, 1.54) is 0 Å². The summed E-state index contributed by atoms with van der Waals surface area (Å²) in [6.07, 6.45) is 0. The minimum absolute atomic E-state index is 0.189. The summed E-state index contributed by atoms with van der Waals surface area (Å²) >= 11 is 0. The first-order valence-electron chi connectivity index (χ1n) is 5.42. The number of carboxylic acid groups (broad SMARTS) is 1. The third-order valence-electron chi connectivity index (χ3n) is 2.45. The summed E-state index contributed by atoms with van der Waals surface area (Å²) in [5.41, 5.74) is 0. The topological polar surface area (TPSA) is 116 Å². The molecule has 0 aromatic rings. The summed E-state index contributed by atoms with van der Waals surface area (Å²) in [6.45, 7) is 2.79. The lowest BCUT2D eigenvalue weighted by Gasteiger charge is -2.19. The van der Waals surface area contributed by atoms with Crippen molar-refractivity contribution in [3.63, 3.8) is 0 Å². The molecule has 1 fully saturated rings. The van der Waals surface area contributed by atoms with Gasteiger partial charge in [-0.25, -0.2) is 9.59 Å². The zero-order valence-electron chi connectivity index (χ0n) is 10.1. The SMILES string of the molecule is CC(C)[C@H](NC(=O)CN1CC(=O)NC1=O)C(=O)O. The monoisotopic (exact) mass is 257 g/mol. The van der Waals surface area contributed by atoms with Gasteiger partial charge in [0.15, 0.2) is 0 Å². The van der Waals surface area contributed by atoms with Crippen LogP contribution >= 0.6 is 0 Å². The van der Waals surface area contributed by atoms with Gasteiger partial charge in [0.25, 0.3) is 0 Å². The van der Waals surface area contributed by atoms with Crippen molar-refractivity contribution < 1.29 is 24.3 Å². The van der Waals surface area contributed by atoms with Crippen molar-refractivity contribution in [2.45, 2.75) is 19.9 Å². The molecular weight excluding hydrogens is 242 g/mol. The number of amides is 4. The van der Waals surface area contributed by atoms with Crippen molar-refractivity contribution in [1.29, 1.82) is 0 Å². The lowest BCUT2D eigenvalue weighted by Crippen LogP contribution is -2.48. The van der Waals surface area contributed by atoms with E-state index in [2.05, 4.69) is 5.32 Å². The number of urea groups is 1. The first-order valence-corrected chi connectivity index (χ1v) is 5.42. The molecule has 8 heteroatoms. The first-order chi connectivity index (χ1) is 8.31. The highest BCUT2D eigenvalue weighted by atomic mass is 16.4. The Labute approximate surface area is 103 Å². The molecule has 0 saturated carbocycles. The number of carbonyl (C=O) groups is 4. The molecule has 0 aliphatic carbocycles. The van der Waals surface area contributed by atoms with Gasteiger partial charge in [-0.05, 0) is 5.92 Å². The Morgan fingerprint density at radius 3 is 2.44 bits per heavy atom. The fourth-order valence-corrected chi connectivity index (χ4v) is 1.52. The number of hydrogen-bond acceptors (Lipinski definition) is 4. The van der Waals surface area contributed by atoms with Gasteiger partial charge < -0.3 is 15.3 Å². The van der Waals surface area contributed by atoms with E-state index in [9.17, 15) is 19.2 Å².